The third-order valence-corrected chi connectivity index (χ3v) is 5.71. The second kappa shape index (κ2) is 9.66. The zero-order chi connectivity index (χ0) is 24.2. The number of nitrogens with zero attached hydrogens (tertiary/aromatic N) is 2. The fourth-order valence-electron chi connectivity index (χ4n) is 3.80. The number of carbonyl (C=O) groups is 1. The van der Waals surface area contributed by atoms with E-state index < -0.39 is 11.2 Å². The molecule has 4 aromatic rings. The minimum atomic E-state index is -0.450. The van der Waals surface area contributed by atoms with Crippen molar-refractivity contribution >= 4 is 16.8 Å². The van der Waals surface area contributed by atoms with E-state index in [1.54, 1.807) is 43.4 Å². The van der Waals surface area contributed by atoms with Crippen LogP contribution in [-0.2, 0) is 20.1 Å². The van der Waals surface area contributed by atoms with Crippen molar-refractivity contribution < 1.29 is 14.3 Å². The zero-order valence-corrected chi connectivity index (χ0v) is 19.2. The summed E-state index contributed by atoms with van der Waals surface area (Å²) in [5.41, 5.74) is 1.80. The Morgan fingerprint density at radius 2 is 1.53 bits per heavy atom. The first kappa shape index (κ1) is 22.8. The molecule has 3 aromatic carbocycles. The standard InChI is InChI=1S/C26H25N3O5/c1-28-21-14-23(34-3)22(33-2)13-20(21)25(31)29(26(28)32)16-18-9-11-19(12-10-18)24(30)27-15-17-7-5-4-6-8-17/h4-14H,15-16H2,1-3H3,(H,27,30). The predicted molar refractivity (Wildman–Crippen MR) is 130 cm³/mol. The van der Waals surface area contributed by atoms with Gasteiger partial charge in [0, 0.05) is 25.2 Å². The average Bonchev–Trinajstić information content (AvgIpc) is 2.88. The van der Waals surface area contributed by atoms with Crippen LogP contribution in [0.15, 0.2) is 76.3 Å². The Labute approximate surface area is 196 Å². The van der Waals surface area contributed by atoms with E-state index in [4.69, 9.17) is 9.47 Å². The highest BCUT2D eigenvalue weighted by molar-refractivity contribution is 5.94. The van der Waals surface area contributed by atoms with Crippen molar-refractivity contribution in [3.63, 3.8) is 0 Å². The second-order valence-corrected chi connectivity index (χ2v) is 7.82. The molecule has 0 radical (unpaired) electrons. The van der Waals surface area contributed by atoms with Gasteiger partial charge in [0.1, 0.15) is 0 Å². The maximum Gasteiger partial charge on any atom is 0.331 e. The lowest BCUT2D eigenvalue weighted by Gasteiger charge is -2.14. The fourth-order valence-corrected chi connectivity index (χ4v) is 3.80. The number of nitrogens with one attached hydrogen (secondary N) is 1. The van der Waals surface area contributed by atoms with E-state index in [0.29, 0.717) is 34.5 Å². The van der Waals surface area contributed by atoms with Crippen molar-refractivity contribution in [2.75, 3.05) is 14.2 Å². The summed E-state index contributed by atoms with van der Waals surface area (Å²) < 4.78 is 13.2. The van der Waals surface area contributed by atoms with Crippen molar-refractivity contribution in [2.45, 2.75) is 13.1 Å². The molecule has 0 saturated heterocycles. The summed E-state index contributed by atoms with van der Waals surface area (Å²) in [5, 5.41) is 3.22. The van der Waals surface area contributed by atoms with E-state index >= 15 is 0 Å². The maximum atomic E-state index is 13.2. The highest BCUT2D eigenvalue weighted by atomic mass is 16.5. The summed E-state index contributed by atoms with van der Waals surface area (Å²) in [6.07, 6.45) is 0. The number of amides is 1. The van der Waals surface area contributed by atoms with Gasteiger partial charge in [0.2, 0.25) is 0 Å². The first-order valence-corrected chi connectivity index (χ1v) is 10.7. The molecule has 174 valence electrons. The van der Waals surface area contributed by atoms with E-state index in [9.17, 15) is 14.4 Å². The van der Waals surface area contributed by atoms with Crippen molar-refractivity contribution in [3.8, 4) is 11.5 Å². The average molecular weight is 460 g/mol. The molecular weight excluding hydrogens is 434 g/mol. The summed E-state index contributed by atoms with van der Waals surface area (Å²) in [4.78, 5) is 38.6. The van der Waals surface area contributed by atoms with Gasteiger partial charge in [-0.15, -0.1) is 0 Å². The van der Waals surface area contributed by atoms with E-state index in [-0.39, 0.29) is 12.5 Å². The number of fused-ring (bicyclic) bond motifs is 1. The van der Waals surface area contributed by atoms with Gasteiger partial charge in [-0.25, -0.2) is 4.79 Å². The van der Waals surface area contributed by atoms with Crippen LogP contribution in [0, 0.1) is 0 Å². The second-order valence-electron chi connectivity index (χ2n) is 7.82. The van der Waals surface area contributed by atoms with Crippen LogP contribution in [0.2, 0.25) is 0 Å². The van der Waals surface area contributed by atoms with Crippen molar-refractivity contribution in [3.05, 3.63) is 104 Å². The van der Waals surface area contributed by atoms with Gasteiger partial charge >= 0.3 is 5.69 Å². The smallest absolute Gasteiger partial charge is 0.331 e. The molecule has 0 aliphatic rings. The van der Waals surface area contributed by atoms with Crippen molar-refractivity contribution in [2.24, 2.45) is 7.05 Å². The topological polar surface area (TPSA) is 91.6 Å². The largest absolute Gasteiger partial charge is 0.493 e. The number of rotatable bonds is 7. The molecule has 34 heavy (non-hydrogen) atoms. The van der Waals surface area contributed by atoms with Gasteiger partial charge in [0.25, 0.3) is 11.5 Å². The molecule has 4 rings (SSSR count). The lowest BCUT2D eigenvalue weighted by Crippen LogP contribution is -2.39. The molecule has 1 heterocycles. The van der Waals surface area contributed by atoms with E-state index in [1.807, 2.05) is 30.3 Å². The molecule has 8 nitrogen and oxygen atoms in total. The summed E-state index contributed by atoms with van der Waals surface area (Å²) in [5.74, 6) is 0.640. The van der Waals surface area contributed by atoms with E-state index in [0.717, 1.165) is 11.1 Å². The highest BCUT2D eigenvalue weighted by Gasteiger charge is 2.16. The van der Waals surface area contributed by atoms with E-state index in [2.05, 4.69) is 5.32 Å². The van der Waals surface area contributed by atoms with Gasteiger partial charge in [-0.2, -0.15) is 0 Å². The minimum absolute atomic E-state index is 0.0711. The number of aromatic nitrogens is 2. The number of carbonyl (C=O) groups excluding carboxylic acids is 1. The third kappa shape index (κ3) is 4.43. The van der Waals surface area contributed by atoms with Crippen LogP contribution >= 0.6 is 0 Å². The molecule has 0 atom stereocenters. The van der Waals surface area contributed by atoms with Crippen LogP contribution in [0.5, 0.6) is 11.5 Å². The lowest BCUT2D eigenvalue weighted by molar-refractivity contribution is 0.0951. The van der Waals surface area contributed by atoms with Crippen LogP contribution < -0.4 is 26.0 Å². The van der Waals surface area contributed by atoms with Crippen LogP contribution in [-0.4, -0.2) is 29.3 Å². The van der Waals surface area contributed by atoms with Gasteiger partial charge < -0.3 is 14.8 Å². The first-order valence-electron chi connectivity index (χ1n) is 10.7. The number of hydrogen-bond acceptors (Lipinski definition) is 5. The Morgan fingerprint density at radius 1 is 0.882 bits per heavy atom. The number of ether oxygens (including phenoxy) is 2. The molecule has 8 heteroatoms. The Balaban J connectivity index is 1.59. The molecule has 1 amide bonds. The highest BCUT2D eigenvalue weighted by Crippen LogP contribution is 2.30. The fraction of sp³-hybridized carbons (Fsp3) is 0.192. The van der Waals surface area contributed by atoms with Crippen molar-refractivity contribution in [1.29, 1.82) is 0 Å². The molecule has 1 N–H and O–H groups in total. The van der Waals surface area contributed by atoms with Gasteiger partial charge in [0.15, 0.2) is 11.5 Å². The SMILES string of the molecule is COc1cc2c(=O)n(Cc3ccc(C(=O)NCc4ccccc4)cc3)c(=O)n(C)c2cc1OC. The van der Waals surface area contributed by atoms with Gasteiger partial charge in [0.05, 0.1) is 31.7 Å². The zero-order valence-electron chi connectivity index (χ0n) is 19.2. The van der Waals surface area contributed by atoms with Crippen LogP contribution in [0.25, 0.3) is 10.9 Å². The van der Waals surface area contributed by atoms with Gasteiger partial charge in [-0.1, -0.05) is 42.5 Å². The number of methoxy groups -OCH3 is 2. The Hall–Kier alpha value is -4.33. The maximum absolute atomic E-state index is 13.2. The molecule has 0 unspecified atom stereocenters. The number of hydrogen-bond donors (Lipinski definition) is 1. The Kier molecular flexibility index (Phi) is 6.49. The molecule has 0 aliphatic heterocycles. The molecule has 0 fully saturated rings. The monoisotopic (exact) mass is 459 g/mol. The number of benzene rings is 3. The van der Waals surface area contributed by atoms with Gasteiger partial charge in [-0.05, 0) is 29.3 Å². The summed E-state index contributed by atoms with van der Waals surface area (Å²) in [6.45, 7) is 0.500. The first-order chi connectivity index (χ1) is 16.4. The van der Waals surface area contributed by atoms with Crippen LogP contribution in [0.4, 0.5) is 0 Å². The van der Waals surface area contributed by atoms with E-state index in [1.165, 1.54) is 23.4 Å². The Morgan fingerprint density at radius 3 is 2.18 bits per heavy atom. The normalized spacial score (nSPS) is 10.8. The molecule has 0 saturated carbocycles. The van der Waals surface area contributed by atoms with Gasteiger partial charge in [-0.3, -0.25) is 18.7 Å². The molecular formula is C26H25N3O5. The van der Waals surface area contributed by atoms with Crippen molar-refractivity contribution in [1.82, 2.24) is 14.5 Å². The summed E-state index contributed by atoms with van der Waals surface area (Å²) in [7, 11) is 4.59. The van der Waals surface area contributed by atoms with Crippen LogP contribution in [0.3, 0.4) is 0 Å². The lowest BCUT2D eigenvalue weighted by atomic mass is 10.1. The Bertz CT molecular complexity index is 1450. The summed E-state index contributed by atoms with van der Waals surface area (Å²) >= 11 is 0. The predicted octanol–water partition coefficient (Wildman–Crippen LogP) is 2.70. The molecule has 1 aromatic heterocycles. The minimum Gasteiger partial charge on any atom is -0.493 e. The summed E-state index contributed by atoms with van der Waals surface area (Å²) in [6, 6.07) is 19.7. The molecule has 0 spiro atoms. The quantitative estimate of drug-likeness (QED) is 0.459. The third-order valence-electron chi connectivity index (χ3n) is 5.71. The number of aryl methyl sites for hydroxylation is 1. The molecule has 0 aliphatic carbocycles. The van der Waals surface area contributed by atoms with Crippen LogP contribution in [0.1, 0.15) is 21.5 Å². The molecule has 0 bridgehead atoms.